The second kappa shape index (κ2) is 8.06. The second-order valence-corrected chi connectivity index (χ2v) is 8.21. The van der Waals surface area contributed by atoms with E-state index in [1.807, 2.05) is 0 Å². The number of aromatic hydroxyl groups is 4. The molecule has 0 saturated carbocycles. The minimum Gasteiger partial charge on any atom is -0.504 e. The lowest BCUT2D eigenvalue weighted by atomic mass is 9.85. The van der Waals surface area contributed by atoms with Crippen LogP contribution in [0, 0.1) is 0 Å². The van der Waals surface area contributed by atoms with Gasteiger partial charge in [-0.1, -0.05) is 18.2 Å². The first-order chi connectivity index (χ1) is 17.2. The third-order valence-electron chi connectivity index (χ3n) is 5.93. The van der Waals surface area contributed by atoms with Crippen LogP contribution in [0.15, 0.2) is 18.2 Å². The van der Waals surface area contributed by atoms with Crippen molar-refractivity contribution in [3.05, 3.63) is 34.9 Å². The molecule has 0 bridgehead atoms. The first kappa shape index (κ1) is 30.1. The topological polar surface area (TPSA) is 80.9 Å². The van der Waals surface area contributed by atoms with Gasteiger partial charge in [-0.3, -0.25) is 0 Å². The summed E-state index contributed by atoms with van der Waals surface area (Å²) in [5.74, 6) is -54.1. The predicted octanol–water partition coefficient (Wildman–Crippen LogP) is 6.91. The fourth-order valence-electron chi connectivity index (χ4n) is 3.82. The van der Waals surface area contributed by atoms with Crippen LogP contribution in [0.5, 0.6) is 23.0 Å². The molecule has 1 aliphatic rings. The van der Waals surface area contributed by atoms with Crippen LogP contribution in [0.3, 0.4) is 0 Å². The maximum atomic E-state index is 15.0. The average molecular weight is 598 g/mol. The maximum absolute atomic E-state index is 15.0. The maximum Gasteiger partial charge on any atom is 0.460 e. The molecule has 1 aliphatic carbocycles. The molecule has 0 aromatic heterocycles. The molecule has 2 aromatic carbocycles. The Labute approximate surface area is 204 Å². The number of alkyl halides is 15. The molecule has 0 amide bonds. The number of hydrogen-bond donors (Lipinski definition) is 4. The van der Waals surface area contributed by atoms with Crippen molar-refractivity contribution in [1.29, 1.82) is 0 Å². The zero-order valence-electron chi connectivity index (χ0n) is 17.9. The van der Waals surface area contributed by atoms with E-state index in [1.54, 1.807) is 0 Å². The lowest BCUT2D eigenvalue weighted by Crippen LogP contribution is -2.72. The Hall–Kier alpha value is -3.41. The molecule has 19 heteroatoms. The molecule has 39 heavy (non-hydrogen) atoms. The number of hydrogen-bond acceptors (Lipinski definition) is 4. The van der Waals surface area contributed by atoms with E-state index >= 15 is 0 Å². The number of rotatable bonds is 6. The summed E-state index contributed by atoms with van der Waals surface area (Å²) in [7, 11) is 0. The molecule has 0 spiro atoms. The van der Waals surface area contributed by atoms with E-state index in [9.17, 15) is 86.3 Å². The molecular weight excluding hydrogens is 589 g/mol. The molecule has 0 heterocycles. The fourth-order valence-corrected chi connectivity index (χ4v) is 3.82. The lowest BCUT2D eigenvalue weighted by molar-refractivity contribution is -0.453. The third-order valence-corrected chi connectivity index (χ3v) is 5.93. The summed E-state index contributed by atoms with van der Waals surface area (Å²) < 4.78 is 205. The molecule has 4 nitrogen and oxygen atoms in total. The number of phenolic OH excluding ortho intramolecular Hbond substituents is 4. The molecule has 0 unspecified atom stereocenters. The van der Waals surface area contributed by atoms with Crippen molar-refractivity contribution in [1.82, 2.24) is 0 Å². The summed E-state index contributed by atoms with van der Waals surface area (Å²) in [6.45, 7) is 0. The van der Waals surface area contributed by atoms with Gasteiger partial charge in [-0.2, -0.15) is 65.9 Å². The first-order valence-electron chi connectivity index (χ1n) is 9.68. The standard InChI is InChI=1S/C20H9F15O4/c21-14(22,15(23,24)16(25,26)17(27,28)18(29,30)19(31,32)20(33,34)35)7-3-1-2-5-4-6-9(8(5)7)11(37)13(39)12(38)10(6)36/h1-3,36-39H,4H2. The van der Waals surface area contributed by atoms with Gasteiger partial charge in [0.15, 0.2) is 11.5 Å². The highest BCUT2D eigenvalue weighted by atomic mass is 19.4. The van der Waals surface area contributed by atoms with Gasteiger partial charge in [-0.25, -0.2) is 0 Å². The van der Waals surface area contributed by atoms with Gasteiger partial charge < -0.3 is 20.4 Å². The summed E-state index contributed by atoms with van der Waals surface area (Å²) in [6, 6.07) is 0.907. The molecule has 0 aliphatic heterocycles. The van der Waals surface area contributed by atoms with Gasteiger partial charge in [0.05, 0.1) is 0 Å². The Kier molecular flexibility index (Phi) is 6.23. The summed E-state index contributed by atoms with van der Waals surface area (Å²) >= 11 is 0. The molecule has 2 aromatic rings. The molecule has 4 N–H and O–H groups in total. The zero-order valence-corrected chi connectivity index (χ0v) is 17.9. The Morgan fingerprint density at radius 3 is 1.41 bits per heavy atom. The number of halogens is 15. The summed E-state index contributed by atoms with van der Waals surface area (Å²) in [5.41, 5.74) is -6.72. The number of benzene rings is 2. The Balaban J connectivity index is 2.28. The van der Waals surface area contributed by atoms with Crippen LogP contribution in [0.25, 0.3) is 11.1 Å². The minimum atomic E-state index is -8.48. The smallest absolute Gasteiger partial charge is 0.460 e. The van der Waals surface area contributed by atoms with Crippen LogP contribution in [0.2, 0.25) is 0 Å². The molecule has 218 valence electrons. The van der Waals surface area contributed by atoms with Gasteiger partial charge in [0.2, 0.25) is 11.5 Å². The van der Waals surface area contributed by atoms with Gasteiger partial charge in [0.25, 0.3) is 0 Å². The summed E-state index contributed by atoms with van der Waals surface area (Å²) in [5, 5.41) is 39.1. The van der Waals surface area contributed by atoms with Crippen LogP contribution >= 0.6 is 0 Å². The van der Waals surface area contributed by atoms with Gasteiger partial charge >= 0.3 is 41.7 Å². The van der Waals surface area contributed by atoms with Crippen molar-refractivity contribution >= 4 is 0 Å². The lowest BCUT2D eigenvalue weighted by Gasteiger charge is -2.41. The minimum absolute atomic E-state index is 0.209. The van der Waals surface area contributed by atoms with Crippen LogP contribution in [-0.4, -0.2) is 56.2 Å². The van der Waals surface area contributed by atoms with Crippen LogP contribution in [-0.2, 0) is 12.3 Å². The second-order valence-electron chi connectivity index (χ2n) is 8.21. The van der Waals surface area contributed by atoms with Gasteiger partial charge in [0.1, 0.15) is 0 Å². The Morgan fingerprint density at radius 2 is 0.923 bits per heavy atom. The van der Waals surface area contributed by atoms with Crippen molar-refractivity contribution in [2.45, 2.75) is 48.1 Å². The third kappa shape index (κ3) is 3.49. The highest BCUT2D eigenvalue weighted by molar-refractivity contribution is 5.90. The molecule has 0 atom stereocenters. The predicted molar refractivity (Wildman–Crippen MR) is 96.0 cm³/mol. The van der Waals surface area contributed by atoms with Gasteiger partial charge in [-0.05, 0) is 11.1 Å². The normalized spacial score (nSPS) is 15.4. The highest BCUT2D eigenvalue weighted by Crippen LogP contribution is 2.65. The van der Waals surface area contributed by atoms with E-state index in [-0.39, 0.29) is 6.07 Å². The SMILES string of the molecule is Oc1c(O)c(O)c2c(c1O)Cc1cccc(C(F)(F)C(F)(F)C(F)(F)C(F)(F)C(F)(F)C(F)(F)C(F)(F)F)c1-2. The Morgan fingerprint density at radius 1 is 0.487 bits per heavy atom. The molecule has 0 fully saturated rings. The van der Waals surface area contributed by atoms with Crippen molar-refractivity contribution in [2.24, 2.45) is 0 Å². The van der Waals surface area contributed by atoms with Crippen molar-refractivity contribution in [3.8, 4) is 34.1 Å². The molecule has 3 rings (SSSR count). The van der Waals surface area contributed by atoms with Crippen LogP contribution < -0.4 is 0 Å². The van der Waals surface area contributed by atoms with E-state index in [4.69, 9.17) is 0 Å². The van der Waals surface area contributed by atoms with Crippen molar-refractivity contribution < 1.29 is 86.3 Å². The van der Waals surface area contributed by atoms with E-state index < -0.39 is 98.9 Å². The van der Waals surface area contributed by atoms with Gasteiger partial charge in [-0.15, -0.1) is 0 Å². The average Bonchev–Trinajstić information content (AvgIpc) is 3.19. The summed E-state index contributed by atoms with van der Waals surface area (Å²) in [6.07, 6.45) is -8.61. The van der Waals surface area contributed by atoms with E-state index in [1.165, 1.54) is 0 Å². The molecule has 0 radical (unpaired) electrons. The summed E-state index contributed by atoms with van der Waals surface area (Å²) in [4.78, 5) is 0. The molecule has 0 saturated heterocycles. The van der Waals surface area contributed by atoms with Crippen LogP contribution in [0.4, 0.5) is 65.9 Å². The van der Waals surface area contributed by atoms with E-state index in [2.05, 4.69) is 0 Å². The quantitative estimate of drug-likeness (QED) is 0.141. The van der Waals surface area contributed by atoms with Crippen molar-refractivity contribution in [2.75, 3.05) is 0 Å². The zero-order chi connectivity index (χ0) is 30.5. The van der Waals surface area contributed by atoms with Crippen LogP contribution in [0.1, 0.15) is 16.7 Å². The fraction of sp³-hybridized carbons (Fsp3) is 0.400. The van der Waals surface area contributed by atoms with E-state index in [0.717, 1.165) is 6.07 Å². The largest absolute Gasteiger partial charge is 0.504 e. The Bertz CT molecular complexity index is 1330. The van der Waals surface area contributed by atoms with E-state index in [0.29, 0.717) is 6.07 Å². The number of fused-ring (bicyclic) bond motifs is 3. The first-order valence-corrected chi connectivity index (χ1v) is 9.68. The number of phenols is 4. The molecular formula is C20H9F15O4. The monoisotopic (exact) mass is 598 g/mol. The van der Waals surface area contributed by atoms with Crippen molar-refractivity contribution in [3.63, 3.8) is 0 Å². The highest BCUT2D eigenvalue weighted by Gasteiger charge is 2.93. The van der Waals surface area contributed by atoms with Gasteiger partial charge in [0, 0.05) is 23.1 Å².